The molecule has 212 valence electrons. The number of esters is 1. The van der Waals surface area contributed by atoms with Crippen molar-refractivity contribution in [2.75, 3.05) is 84.7 Å². The molecule has 0 atom stereocenters. The van der Waals surface area contributed by atoms with Gasteiger partial charge in [0.25, 0.3) is 0 Å². The highest BCUT2D eigenvalue weighted by molar-refractivity contribution is 5.96. The number of para-hydroxylation sites is 1. The van der Waals surface area contributed by atoms with Gasteiger partial charge in [-0.25, -0.2) is 9.18 Å². The summed E-state index contributed by atoms with van der Waals surface area (Å²) in [5, 5.41) is 2.84. The zero-order valence-electron chi connectivity index (χ0n) is 21.0. The minimum atomic E-state index is -4.47. The van der Waals surface area contributed by atoms with Crippen LogP contribution < -0.4 is 5.32 Å². The van der Waals surface area contributed by atoms with Crippen molar-refractivity contribution in [2.45, 2.75) is 6.18 Å². The van der Waals surface area contributed by atoms with Crippen LogP contribution in [0.5, 0.6) is 0 Å². The molecule has 0 aliphatic carbocycles. The first-order chi connectivity index (χ1) is 18.4. The molecule has 0 radical (unpaired) electrons. The summed E-state index contributed by atoms with van der Waals surface area (Å²) < 4.78 is 82.2. The van der Waals surface area contributed by atoms with Crippen LogP contribution in [0.2, 0.25) is 0 Å². The quantitative estimate of drug-likeness (QED) is 0.146. The fourth-order valence-electron chi connectivity index (χ4n) is 3.01. The summed E-state index contributed by atoms with van der Waals surface area (Å²) in [6, 6.07) is 11.1. The van der Waals surface area contributed by atoms with E-state index < -0.39 is 24.4 Å². The molecule has 12 heteroatoms. The fourth-order valence-corrected chi connectivity index (χ4v) is 3.01. The van der Waals surface area contributed by atoms with Crippen molar-refractivity contribution >= 4 is 17.3 Å². The van der Waals surface area contributed by atoms with E-state index in [1.165, 1.54) is 18.2 Å². The largest absolute Gasteiger partial charge is 0.460 e. The van der Waals surface area contributed by atoms with Crippen LogP contribution in [0.4, 0.5) is 28.9 Å². The predicted molar refractivity (Wildman–Crippen MR) is 132 cm³/mol. The van der Waals surface area contributed by atoms with E-state index >= 15 is 0 Å². The van der Waals surface area contributed by atoms with Crippen molar-refractivity contribution in [1.82, 2.24) is 0 Å². The van der Waals surface area contributed by atoms with E-state index in [0.29, 0.717) is 58.5 Å². The van der Waals surface area contributed by atoms with Gasteiger partial charge in [0.1, 0.15) is 13.3 Å². The number of benzene rings is 2. The maximum Gasteiger partial charge on any atom is 0.416 e. The third-order valence-electron chi connectivity index (χ3n) is 4.79. The fraction of sp³-hybridized carbons (Fsp3) is 0.500. The summed E-state index contributed by atoms with van der Waals surface area (Å²) in [4.78, 5) is 12.5. The number of hydrogen-bond donors (Lipinski definition) is 1. The molecule has 0 saturated heterocycles. The highest BCUT2D eigenvalue weighted by Gasteiger charge is 2.30. The van der Waals surface area contributed by atoms with E-state index in [1.807, 2.05) is 0 Å². The second-order valence-corrected chi connectivity index (χ2v) is 7.64. The van der Waals surface area contributed by atoms with Crippen LogP contribution in [0.15, 0.2) is 48.5 Å². The lowest BCUT2D eigenvalue weighted by Crippen LogP contribution is -2.15. The Balaban J connectivity index is 1.55. The lowest BCUT2D eigenvalue weighted by atomic mass is 10.1. The average Bonchev–Trinajstić information content (AvgIpc) is 2.90. The van der Waals surface area contributed by atoms with Gasteiger partial charge in [0.05, 0.1) is 82.9 Å². The normalized spacial score (nSPS) is 11.5. The number of ether oxygens (including phenoxy) is 6. The lowest BCUT2D eigenvalue weighted by Gasteiger charge is -2.13. The molecule has 0 aliphatic rings. The van der Waals surface area contributed by atoms with Gasteiger partial charge in [-0.2, -0.15) is 13.2 Å². The Morgan fingerprint density at radius 2 is 1.21 bits per heavy atom. The summed E-state index contributed by atoms with van der Waals surface area (Å²) in [5.41, 5.74) is -0.0965. The SMILES string of the molecule is O=C(OCCOCCOCCOCCOCCOCCF)c1ccccc1Nc1cccc(C(F)(F)F)c1. The third-order valence-corrected chi connectivity index (χ3v) is 4.79. The van der Waals surface area contributed by atoms with Gasteiger partial charge in [-0.3, -0.25) is 0 Å². The van der Waals surface area contributed by atoms with E-state index in [4.69, 9.17) is 28.4 Å². The number of carbonyl (C=O) groups is 1. The van der Waals surface area contributed by atoms with Crippen molar-refractivity contribution in [3.63, 3.8) is 0 Å². The van der Waals surface area contributed by atoms with Crippen molar-refractivity contribution < 1.29 is 50.8 Å². The number of hydrogen-bond acceptors (Lipinski definition) is 8. The number of halogens is 4. The molecule has 2 aromatic carbocycles. The summed E-state index contributed by atoms with van der Waals surface area (Å²) in [6.45, 7) is 2.69. The molecular formula is C26H33F4NO7. The molecule has 0 spiro atoms. The second kappa shape index (κ2) is 18.5. The number of nitrogens with one attached hydrogen (secondary N) is 1. The van der Waals surface area contributed by atoms with Gasteiger partial charge in [-0.15, -0.1) is 0 Å². The molecule has 8 nitrogen and oxygen atoms in total. The molecule has 2 aromatic rings. The van der Waals surface area contributed by atoms with E-state index in [-0.39, 0.29) is 31.1 Å². The molecule has 38 heavy (non-hydrogen) atoms. The van der Waals surface area contributed by atoms with Crippen LogP contribution in [0, 0.1) is 0 Å². The molecule has 0 aromatic heterocycles. The van der Waals surface area contributed by atoms with E-state index in [0.717, 1.165) is 12.1 Å². The Bertz CT molecular complexity index is 930. The maximum atomic E-state index is 13.0. The van der Waals surface area contributed by atoms with Gasteiger partial charge < -0.3 is 33.7 Å². The number of carbonyl (C=O) groups excluding carboxylic acids is 1. The highest BCUT2D eigenvalue weighted by Crippen LogP contribution is 2.32. The average molecular weight is 548 g/mol. The summed E-state index contributed by atoms with van der Waals surface area (Å²) >= 11 is 0. The smallest absolute Gasteiger partial charge is 0.416 e. The molecule has 0 fully saturated rings. The molecule has 0 heterocycles. The summed E-state index contributed by atoms with van der Waals surface area (Å²) in [5.74, 6) is -0.631. The molecule has 2 rings (SSSR count). The molecule has 0 aliphatic heterocycles. The Hall–Kier alpha value is -2.77. The van der Waals surface area contributed by atoms with Crippen molar-refractivity contribution in [1.29, 1.82) is 0 Å². The van der Waals surface area contributed by atoms with Crippen LogP contribution in [-0.4, -0.2) is 85.3 Å². The van der Waals surface area contributed by atoms with E-state index in [1.54, 1.807) is 18.2 Å². The molecule has 0 bridgehead atoms. The van der Waals surface area contributed by atoms with Gasteiger partial charge in [-0.1, -0.05) is 18.2 Å². The van der Waals surface area contributed by atoms with Crippen molar-refractivity contribution in [2.24, 2.45) is 0 Å². The Morgan fingerprint density at radius 3 is 1.76 bits per heavy atom. The maximum absolute atomic E-state index is 13.0. The van der Waals surface area contributed by atoms with Gasteiger partial charge in [0.15, 0.2) is 0 Å². The molecule has 0 unspecified atom stereocenters. The first-order valence-corrected chi connectivity index (χ1v) is 12.1. The molecular weight excluding hydrogens is 514 g/mol. The summed E-state index contributed by atoms with van der Waals surface area (Å²) in [7, 11) is 0. The first-order valence-electron chi connectivity index (χ1n) is 12.1. The lowest BCUT2D eigenvalue weighted by molar-refractivity contribution is -0.137. The van der Waals surface area contributed by atoms with Crippen molar-refractivity contribution in [3.8, 4) is 0 Å². The first kappa shape index (κ1) is 31.4. The Labute approximate surface area is 219 Å². The van der Waals surface area contributed by atoms with Crippen LogP contribution >= 0.6 is 0 Å². The van der Waals surface area contributed by atoms with E-state index in [9.17, 15) is 22.4 Å². The zero-order chi connectivity index (χ0) is 27.5. The Morgan fingerprint density at radius 1 is 0.684 bits per heavy atom. The number of rotatable bonds is 20. The molecule has 0 saturated carbocycles. The number of alkyl halides is 4. The van der Waals surface area contributed by atoms with Gasteiger partial charge >= 0.3 is 12.1 Å². The Kier molecular flexibility index (Phi) is 15.3. The number of anilines is 2. The highest BCUT2D eigenvalue weighted by atomic mass is 19.4. The van der Waals surface area contributed by atoms with Gasteiger partial charge in [-0.05, 0) is 30.3 Å². The standard InChI is InChI=1S/C26H33F4NO7/c27-8-9-33-10-11-34-12-13-35-14-15-36-16-17-37-18-19-38-25(32)23-6-1-2-7-24(23)31-22-5-3-4-21(20-22)26(28,29)30/h1-7,20,31H,8-19H2. The van der Waals surface area contributed by atoms with Gasteiger partial charge in [0.2, 0.25) is 0 Å². The minimum absolute atomic E-state index is 0.00133. The van der Waals surface area contributed by atoms with Crippen LogP contribution in [0.25, 0.3) is 0 Å². The minimum Gasteiger partial charge on any atom is -0.460 e. The molecule has 0 amide bonds. The monoisotopic (exact) mass is 547 g/mol. The van der Waals surface area contributed by atoms with Crippen LogP contribution in [-0.2, 0) is 34.6 Å². The van der Waals surface area contributed by atoms with E-state index in [2.05, 4.69) is 5.32 Å². The molecule has 1 N–H and O–H groups in total. The van der Waals surface area contributed by atoms with Crippen LogP contribution in [0.3, 0.4) is 0 Å². The summed E-state index contributed by atoms with van der Waals surface area (Å²) in [6.07, 6.45) is -4.47. The second-order valence-electron chi connectivity index (χ2n) is 7.64. The third kappa shape index (κ3) is 13.2. The van der Waals surface area contributed by atoms with Crippen molar-refractivity contribution in [3.05, 3.63) is 59.7 Å². The predicted octanol–water partition coefficient (Wildman–Crippen LogP) is 4.66. The zero-order valence-corrected chi connectivity index (χ0v) is 21.0. The topological polar surface area (TPSA) is 84.5 Å². The van der Waals surface area contributed by atoms with Crippen LogP contribution in [0.1, 0.15) is 15.9 Å². The van der Waals surface area contributed by atoms with Gasteiger partial charge in [0, 0.05) is 5.69 Å².